The van der Waals surface area contributed by atoms with Crippen LogP contribution >= 0.6 is 12.8 Å². The van der Waals surface area contributed by atoms with Gasteiger partial charge in [-0.2, -0.15) is 0 Å². The van der Waals surface area contributed by atoms with E-state index in [1.165, 1.54) is 12.8 Å². The summed E-state index contributed by atoms with van der Waals surface area (Å²) in [6.07, 6.45) is 9.57. The maximum atomic E-state index is 5.10. The van der Waals surface area contributed by atoms with E-state index < -0.39 is 0 Å². The molecule has 0 saturated heterocycles. The van der Waals surface area contributed by atoms with Gasteiger partial charge in [0.05, 0.1) is 0 Å². The number of thiol groups is 1. The molecule has 10 heavy (non-hydrogen) atoms. The zero-order chi connectivity index (χ0) is 7.82. The van der Waals surface area contributed by atoms with Crippen LogP contribution in [0.3, 0.4) is 0 Å². The van der Waals surface area contributed by atoms with E-state index in [2.05, 4.69) is 18.7 Å². The molecule has 58 valence electrons. The van der Waals surface area contributed by atoms with E-state index in [1.54, 1.807) is 0 Å². The Morgan fingerprint density at radius 1 is 1.40 bits per heavy atom. The minimum atomic E-state index is 0.913. The van der Waals surface area contributed by atoms with Gasteiger partial charge < -0.3 is 0 Å². The van der Waals surface area contributed by atoms with Gasteiger partial charge in [0.25, 0.3) is 0 Å². The molecule has 0 saturated carbocycles. The minimum absolute atomic E-state index is 0.913. The molecule has 0 aromatic heterocycles. The molecule has 0 aliphatic rings. The molecule has 0 aromatic carbocycles. The smallest absolute Gasteiger partial charge is 0.00860 e. The lowest BCUT2D eigenvalue weighted by atomic mass is 10.2. The molecular formula is C8H15NS. The van der Waals surface area contributed by atoms with Crippen molar-refractivity contribution >= 4 is 12.8 Å². The Hall–Kier alpha value is -0.130. The molecule has 0 rings (SSSR count). The second-order valence-corrected chi connectivity index (χ2v) is 3.08. The van der Waals surface area contributed by atoms with Crippen molar-refractivity contribution in [1.82, 2.24) is 4.31 Å². The van der Waals surface area contributed by atoms with E-state index in [0.717, 1.165) is 19.4 Å². The van der Waals surface area contributed by atoms with Gasteiger partial charge in [-0.05, 0) is 19.9 Å². The van der Waals surface area contributed by atoms with Crippen molar-refractivity contribution in [2.75, 3.05) is 13.6 Å². The predicted octanol–water partition coefficient (Wildman–Crippen LogP) is 1.96. The zero-order valence-corrected chi connectivity index (χ0v) is 7.40. The van der Waals surface area contributed by atoms with E-state index in [1.807, 2.05) is 11.4 Å². The van der Waals surface area contributed by atoms with Gasteiger partial charge in [0.1, 0.15) is 0 Å². The number of hydrogen-bond acceptors (Lipinski definition) is 2. The second-order valence-electron chi connectivity index (χ2n) is 2.40. The summed E-state index contributed by atoms with van der Waals surface area (Å²) in [5.74, 6) is 2.62. The molecule has 0 aliphatic heterocycles. The summed E-state index contributed by atoms with van der Waals surface area (Å²) in [7, 11) is 1.96. The van der Waals surface area contributed by atoms with Gasteiger partial charge in [-0.15, -0.1) is 12.3 Å². The first-order valence-corrected chi connectivity index (χ1v) is 4.01. The van der Waals surface area contributed by atoms with Crippen LogP contribution in [-0.4, -0.2) is 17.9 Å². The maximum Gasteiger partial charge on any atom is 0.00860 e. The van der Waals surface area contributed by atoms with Gasteiger partial charge in [0.2, 0.25) is 0 Å². The van der Waals surface area contributed by atoms with Crippen LogP contribution in [0.25, 0.3) is 0 Å². The normalized spacial score (nSPS) is 9.80. The summed E-state index contributed by atoms with van der Waals surface area (Å²) in [5.41, 5.74) is 0. The van der Waals surface area contributed by atoms with Crippen molar-refractivity contribution in [2.24, 2.45) is 0 Å². The fourth-order valence-corrected chi connectivity index (χ4v) is 0.886. The minimum Gasteiger partial charge on any atom is -0.256 e. The number of hydrogen-bond donors (Lipinski definition) is 1. The molecule has 0 radical (unpaired) electrons. The molecule has 0 N–H and O–H groups in total. The summed E-state index contributed by atoms with van der Waals surface area (Å²) in [5, 5.41) is 0. The standard InChI is InChI=1S/C8H15NS/c1-3-4-5-6-7-8-9(2)10/h1,10H,4-8H2,2H3. The summed E-state index contributed by atoms with van der Waals surface area (Å²) < 4.78 is 1.90. The zero-order valence-electron chi connectivity index (χ0n) is 6.51. The SMILES string of the molecule is C#CCCCCCN(C)S. The van der Waals surface area contributed by atoms with E-state index in [-0.39, 0.29) is 0 Å². The molecule has 0 unspecified atom stereocenters. The van der Waals surface area contributed by atoms with Gasteiger partial charge in [0, 0.05) is 13.0 Å². The fourth-order valence-electron chi connectivity index (χ4n) is 0.744. The lowest BCUT2D eigenvalue weighted by Crippen LogP contribution is -2.05. The lowest BCUT2D eigenvalue weighted by Gasteiger charge is -2.05. The average molecular weight is 157 g/mol. The van der Waals surface area contributed by atoms with Gasteiger partial charge >= 0.3 is 0 Å². The van der Waals surface area contributed by atoms with Gasteiger partial charge in [0.15, 0.2) is 0 Å². The van der Waals surface area contributed by atoms with Crippen molar-refractivity contribution in [3.8, 4) is 12.3 Å². The van der Waals surface area contributed by atoms with Crippen molar-refractivity contribution in [2.45, 2.75) is 25.7 Å². The Morgan fingerprint density at radius 3 is 2.60 bits per heavy atom. The van der Waals surface area contributed by atoms with Crippen molar-refractivity contribution < 1.29 is 0 Å². The first-order chi connectivity index (χ1) is 4.77. The number of terminal acetylenes is 1. The number of unbranched alkanes of at least 4 members (excludes halogenated alkanes) is 3. The van der Waals surface area contributed by atoms with Crippen LogP contribution in [0.2, 0.25) is 0 Å². The van der Waals surface area contributed by atoms with E-state index in [9.17, 15) is 0 Å². The Morgan fingerprint density at radius 2 is 2.10 bits per heavy atom. The highest BCUT2D eigenvalue weighted by Gasteiger charge is 1.90. The molecule has 1 nitrogen and oxygen atoms in total. The Balaban J connectivity index is 2.86. The highest BCUT2D eigenvalue weighted by Crippen LogP contribution is 2.00. The van der Waals surface area contributed by atoms with Crippen LogP contribution in [0, 0.1) is 12.3 Å². The lowest BCUT2D eigenvalue weighted by molar-refractivity contribution is 0.526. The van der Waals surface area contributed by atoms with Crippen LogP contribution in [0.15, 0.2) is 0 Å². The molecule has 0 bridgehead atoms. The number of rotatable bonds is 5. The van der Waals surface area contributed by atoms with Gasteiger partial charge in [-0.25, -0.2) is 0 Å². The Labute approximate surface area is 69.3 Å². The molecule has 0 aromatic rings. The summed E-state index contributed by atoms with van der Waals surface area (Å²) in [6.45, 7) is 1.05. The molecule has 0 heterocycles. The molecule has 0 fully saturated rings. The van der Waals surface area contributed by atoms with Crippen LogP contribution in [0.5, 0.6) is 0 Å². The first kappa shape index (κ1) is 9.87. The van der Waals surface area contributed by atoms with Crippen LogP contribution in [0.4, 0.5) is 0 Å². The average Bonchev–Trinajstić information content (AvgIpc) is 1.87. The summed E-state index contributed by atoms with van der Waals surface area (Å²) in [6, 6.07) is 0. The molecule has 0 amide bonds. The third-order valence-electron chi connectivity index (χ3n) is 1.30. The molecule has 0 spiro atoms. The van der Waals surface area contributed by atoms with Crippen molar-refractivity contribution in [1.29, 1.82) is 0 Å². The largest absolute Gasteiger partial charge is 0.256 e. The topological polar surface area (TPSA) is 3.24 Å². The molecule has 0 aliphatic carbocycles. The van der Waals surface area contributed by atoms with Crippen LogP contribution < -0.4 is 0 Å². The van der Waals surface area contributed by atoms with Crippen molar-refractivity contribution in [3.63, 3.8) is 0 Å². The summed E-state index contributed by atoms with van der Waals surface area (Å²) >= 11 is 4.12. The Kier molecular flexibility index (Phi) is 6.89. The van der Waals surface area contributed by atoms with Gasteiger partial charge in [-0.3, -0.25) is 4.31 Å². The van der Waals surface area contributed by atoms with E-state index in [4.69, 9.17) is 6.42 Å². The quantitative estimate of drug-likeness (QED) is 0.363. The Bertz CT molecular complexity index is 104. The first-order valence-electron chi connectivity index (χ1n) is 3.61. The highest BCUT2D eigenvalue weighted by molar-refractivity contribution is 7.77. The third-order valence-corrected chi connectivity index (χ3v) is 1.50. The molecule has 0 atom stereocenters. The highest BCUT2D eigenvalue weighted by atomic mass is 32.1. The van der Waals surface area contributed by atoms with E-state index in [0.29, 0.717) is 0 Å². The van der Waals surface area contributed by atoms with E-state index >= 15 is 0 Å². The monoisotopic (exact) mass is 157 g/mol. The molecule has 2 heteroatoms. The predicted molar refractivity (Wildman–Crippen MR) is 48.9 cm³/mol. The van der Waals surface area contributed by atoms with Crippen molar-refractivity contribution in [3.05, 3.63) is 0 Å². The fraction of sp³-hybridized carbons (Fsp3) is 0.750. The third kappa shape index (κ3) is 7.87. The van der Waals surface area contributed by atoms with Crippen LogP contribution in [-0.2, 0) is 0 Å². The summed E-state index contributed by atoms with van der Waals surface area (Å²) in [4.78, 5) is 0. The van der Waals surface area contributed by atoms with Gasteiger partial charge in [-0.1, -0.05) is 19.2 Å². The second kappa shape index (κ2) is 6.98. The molecular weight excluding hydrogens is 142 g/mol. The maximum absolute atomic E-state index is 5.10. The van der Waals surface area contributed by atoms with Crippen LogP contribution in [0.1, 0.15) is 25.7 Å². The number of nitrogens with zero attached hydrogens (tertiary/aromatic N) is 1.